The van der Waals surface area contributed by atoms with E-state index in [0.717, 1.165) is 29.9 Å². The number of nitrogens with zero attached hydrogens (tertiary/aromatic N) is 5. The summed E-state index contributed by atoms with van der Waals surface area (Å²) in [6, 6.07) is 5.81. The Bertz CT molecular complexity index is 1090. The molecule has 28 heavy (non-hydrogen) atoms. The van der Waals surface area contributed by atoms with E-state index in [1.165, 1.54) is 10.6 Å². The third-order valence-corrected chi connectivity index (χ3v) is 6.26. The van der Waals surface area contributed by atoms with Crippen LogP contribution in [0.5, 0.6) is 0 Å². The number of fused-ring (bicyclic) bond motifs is 1. The first-order chi connectivity index (χ1) is 13.4. The number of anilines is 1. The zero-order chi connectivity index (χ0) is 19.7. The number of hydrogen-bond acceptors (Lipinski definition) is 6. The van der Waals surface area contributed by atoms with Crippen LogP contribution in [0.3, 0.4) is 0 Å². The van der Waals surface area contributed by atoms with E-state index in [0.29, 0.717) is 30.7 Å². The lowest BCUT2D eigenvalue weighted by Gasteiger charge is -2.30. The Hall–Kier alpha value is -2.46. The highest BCUT2D eigenvalue weighted by molar-refractivity contribution is 7.88. The summed E-state index contributed by atoms with van der Waals surface area (Å²) in [6.07, 6.45) is 8.04. The third kappa shape index (κ3) is 3.88. The van der Waals surface area contributed by atoms with Crippen molar-refractivity contribution in [3.05, 3.63) is 48.0 Å². The molecular weight excluding hydrogens is 375 g/mol. The number of nitrogens with one attached hydrogen (secondary N) is 1. The number of piperidine rings is 1. The molecule has 10 heteroatoms. The molecule has 0 aromatic carbocycles. The van der Waals surface area contributed by atoms with Crippen LogP contribution in [-0.2, 0) is 16.6 Å². The standard InChI is InChI=1S/C18H21BN6O2S/c1-28(26,27)24-7-3-5-14(12-24)16-8-17(21-10-13-4-2-6-20-9-13)25-18(23-16)15(19)11-22-25/h2,4,6,8-9,11,14,21H,3,5,7,10,12H2,1H3. The highest BCUT2D eigenvalue weighted by Gasteiger charge is 2.28. The van der Waals surface area contributed by atoms with Crippen LogP contribution in [-0.4, -0.2) is 59.5 Å². The molecule has 1 aliphatic heterocycles. The highest BCUT2D eigenvalue weighted by Crippen LogP contribution is 2.28. The first-order valence-corrected chi connectivity index (χ1v) is 11.0. The monoisotopic (exact) mass is 396 g/mol. The molecule has 4 heterocycles. The molecule has 1 unspecified atom stereocenters. The summed E-state index contributed by atoms with van der Waals surface area (Å²) < 4.78 is 27.1. The fourth-order valence-electron chi connectivity index (χ4n) is 3.51. The second-order valence-corrected chi connectivity index (χ2v) is 9.06. The van der Waals surface area contributed by atoms with Crippen molar-refractivity contribution >= 4 is 34.8 Å². The summed E-state index contributed by atoms with van der Waals surface area (Å²) in [5.74, 6) is 0.777. The molecule has 3 aromatic rings. The van der Waals surface area contributed by atoms with Crippen molar-refractivity contribution in [2.45, 2.75) is 25.3 Å². The summed E-state index contributed by atoms with van der Waals surface area (Å²) in [4.78, 5) is 8.82. The van der Waals surface area contributed by atoms with Gasteiger partial charge < -0.3 is 5.32 Å². The zero-order valence-electron chi connectivity index (χ0n) is 15.6. The van der Waals surface area contributed by atoms with Crippen LogP contribution in [0.25, 0.3) is 5.65 Å². The van der Waals surface area contributed by atoms with Gasteiger partial charge in [0.1, 0.15) is 13.7 Å². The molecule has 0 bridgehead atoms. The molecule has 1 fully saturated rings. The molecule has 1 atom stereocenters. The van der Waals surface area contributed by atoms with Crippen LogP contribution in [0.4, 0.5) is 5.82 Å². The number of sulfonamides is 1. The van der Waals surface area contributed by atoms with Gasteiger partial charge in [0, 0.05) is 50.2 Å². The van der Waals surface area contributed by atoms with Crippen molar-refractivity contribution in [2.75, 3.05) is 24.7 Å². The van der Waals surface area contributed by atoms with E-state index < -0.39 is 10.0 Å². The molecule has 3 aromatic heterocycles. The minimum atomic E-state index is -3.22. The van der Waals surface area contributed by atoms with E-state index in [2.05, 4.69) is 15.4 Å². The van der Waals surface area contributed by atoms with Crippen molar-refractivity contribution in [1.82, 2.24) is 23.9 Å². The number of rotatable bonds is 5. The van der Waals surface area contributed by atoms with Crippen molar-refractivity contribution in [3.8, 4) is 0 Å². The molecule has 1 N–H and O–H groups in total. The second-order valence-electron chi connectivity index (χ2n) is 7.08. The normalized spacial score (nSPS) is 18.4. The zero-order valence-corrected chi connectivity index (χ0v) is 16.4. The SMILES string of the molecule is [B]c1cnn2c(NCc3cccnc3)cc(C3CCCN(S(C)(=O)=O)C3)nc12. The van der Waals surface area contributed by atoms with Gasteiger partial charge in [0.2, 0.25) is 10.0 Å². The van der Waals surface area contributed by atoms with Gasteiger partial charge in [0.25, 0.3) is 0 Å². The maximum Gasteiger partial charge on any atom is 0.211 e. The van der Waals surface area contributed by atoms with E-state index in [1.54, 1.807) is 23.1 Å². The lowest BCUT2D eigenvalue weighted by atomic mass is 9.95. The summed E-state index contributed by atoms with van der Waals surface area (Å²) in [5, 5.41) is 7.69. The minimum Gasteiger partial charge on any atom is -0.366 e. The van der Waals surface area contributed by atoms with Crippen molar-refractivity contribution in [2.24, 2.45) is 0 Å². The number of hydrogen-bond donors (Lipinski definition) is 1. The van der Waals surface area contributed by atoms with Gasteiger partial charge >= 0.3 is 0 Å². The van der Waals surface area contributed by atoms with E-state index in [1.807, 2.05) is 18.2 Å². The Morgan fingerprint density at radius 1 is 1.36 bits per heavy atom. The fraction of sp³-hybridized carbons (Fsp3) is 0.389. The summed E-state index contributed by atoms with van der Waals surface area (Å²) in [7, 11) is 2.84. The average molecular weight is 396 g/mol. The number of pyridine rings is 1. The largest absolute Gasteiger partial charge is 0.366 e. The van der Waals surface area contributed by atoms with Crippen LogP contribution >= 0.6 is 0 Å². The predicted octanol–water partition coefficient (Wildman–Crippen LogP) is 0.669. The van der Waals surface area contributed by atoms with Crippen molar-refractivity contribution in [1.29, 1.82) is 0 Å². The topological polar surface area (TPSA) is 92.5 Å². The van der Waals surface area contributed by atoms with Crippen molar-refractivity contribution in [3.63, 3.8) is 0 Å². The number of aromatic nitrogens is 4. The molecule has 0 spiro atoms. The Morgan fingerprint density at radius 2 is 2.21 bits per heavy atom. The maximum absolute atomic E-state index is 12.0. The Kier molecular flexibility index (Phi) is 5.07. The molecule has 4 rings (SSSR count). The predicted molar refractivity (Wildman–Crippen MR) is 108 cm³/mol. The lowest BCUT2D eigenvalue weighted by molar-refractivity contribution is 0.314. The molecule has 0 saturated carbocycles. The van der Waals surface area contributed by atoms with Gasteiger partial charge in [-0.25, -0.2) is 17.7 Å². The smallest absolute Gasteiger partial charge is 0.211 e. The van der Waals surface area contributed by atoms with Crippen LogP contribution < -0.4 is 10.8 Å². The molecule has 2 radical (unpaired) electrons. The molecule has 1 aliphatic rings. The van der Waals surface area contributed by atoms with Gasteiger partial charge in [-0.05, 0) is 29.9 Å². The van der Waals surface area contributed by atoms with E-state index in [9.17, 15) is 8.42 Å². The maximum atomic E-state index is 12.0. The lowest BCUT2D eigenvalue weighted by Crippen LogP contribution is -2.38. The fourth-order valence-corrected chi connectivity index (χ4v) is 4.43. The minimum absolute atomic E-state index is 0.0155. The van der Waals surface area contributed by atoms with Crippen LogP contribution in [0, 0.1) is 0 Å². The van der Waals surface area contributed by atoms with E-state index in [-0.39, 0.29) is 5.92 Å². The first-order valence-electron chi connectivity index (χ1n) is 9.14. The summed E-state index contributed by atoms with van der Waals surface area (Å²) in [5.41, 5.74) is 2.92. The van der Waals surface area contributed by atoms with Crippen LogP contribution in [0.2, 0.25) is 0 Å². The van der Waals surface area contributed by atoms with Crippen LogP contribution in [0.15, 0.2) is 36.8 Å². The molecule has 144 valence electrons. The van der Waals surface area contributed by atoms with Crippen molar-refractivity contribution < 1.29 is 8.42 Å². The first kappa shape index (κ1) is 18.9. The van der Waals surface area contributed by atoms with Gasteiger partial charge in [-0.15, -0.1) is 0 Å². The quantitative estimate of drug-likeness (QED) is 0.638. The Morgan fingerprint density at radius 3 is 2.96 bits per heavy atom. The summed E-state index contributed by atoms with van der Waals surface area (Å²) in [6.45, 7) is 1.56. The average Bonchev–Trinajstić information content (AvgIpc) is 3.07. The van der Waals surface area contributed by atoms with Gasteiger partial charge in [-0.3, -0.25) is 4.98 Å². The molecular formula is C18H21BN6O2S. The van der Waals surface area contributed by atoms with E-state index in [4.69, 9.17) is 12.8 Å². The van der Waals surface area contributed by atoms with Gasteiger partial charge in [-0.1, -0.05) is 6.07 Å². The molecule has 1 saturated heterocycles. The molecule has 8 nitrogen and oxygen atoms in total. The van der Waals surface area contributed by atoms with Gasteiger partial charge in [-0.2, -0.15) is 9.61 Å². The van der Waals surface area contributed by atoms with E-state index >= 15 is 0 Å². The third-order valence-electron chi connectivity index (χ3n) is 4.99. The summed E-state index contributed by atoms with van der Waals surface area (Å²) >= 11 is 0. The van der Waals surface area contributed by atoms with Crippen LogP contribution in [0.1, 0.15) is 30.0 Å². The Balaban J connectivity index is 1.66. The van der Waals surface area contributed by atoms with Gasteiger partial charge in [0.05, 0.1) is 11.9 Å². The van der Waals surface area contributed by atoms with Gasteiger partial charge in [0.15, 0.2) is 5.65 Å². The Labute approximate surface area is 165 Å². The highest BCUT2D eigenvalue weighted by atomic mass is 32.2. The molecule has 0 aliphatic carbocycles. The molecule has 0 amide bonds. The second kappa shape index (κ2) is 7.52.